The van der Waals surface area contributed by atoms with Gasteiger partial charge in [-0.1, -0.05) is 26.0 Å². The topological polar surface area (TPSA) is 178 Å². The minimum atomic E-state index is -1.24. The first-order valence-electron chi connectivity index (χ1n) is 14.9. The Morgan fingerprint density at radius 3 is 2.33 bits per heavy atom. The van der Waals surface area contributed by atoms with Crippen molar-refractivity contribution in [1.29, 1.82) is 0 Å². The number of hydrogen-bond donors (Lipinski definition) is 5. The maximum absolute atomic E-state index is 13.6. The van der Waals surface area contributed by atoms with Gasteiger partial charge in [0.1, 0.15) is 29.9 Å². The number of piperidine rings is 1. The third-order valence-corrected chi connectivity index (χ3v) is 8.49. The summed E-state index contributed by atoms with van der Waals surface area (Å²) in [6.45, 7) is 5.20. The van der Waals surface area contributed by atoms with Gasteiger partial charge in [-0.15, -0.1) is 0 Å². The van der Waals surface area contributed by atoms with Crippen LogP contribution in [-0.4, -0.2) is 112 Å². The Bertz CT molecular complexity index is 1200. The molecular formula is C30H43N5O8. The standard InChI is InChI=1S/C30H43N5O8/c1-18(2)25-29(41)35-12-4-5-23(35)27(39)31-19(3)26(38)32-22(28(40)34-13-10-30(42,17-36)11-14-34)15-20-6-8-21(9-7-20)43-16-24(37)33-25/h6-9,18-19,22-23,25,36,42H,4-5,10-17H2,1-3H3,(H,31,39)(H,32,38)(H,33,37)/t19-,22-,23-,25+/m0/s1. The number of amides is 5. The molecule has 0 unspecified atom stereocenters. The van der Waals surface area contributed by atoms with E-state index in [1.807, 2.05) is 13.8 Å². The van der Waals surface area contributed by atoms with Gasteiger partial charge in [-0.25, -0.2) is 0 Å². The fourth-order valence-electron chi connectivity index (χ4n) is 5.71. The Morgan fingerprint density at radius 2 is 1.70 bits per heavy atom. The van der Waals surface area contributed by atoms with Gasteiger partial charge in [0, 0.05) is 26.1 Å². The lowest BCUT2D eigenvalue weighted by Gasteiger charge is -2.38. The summed E-state index contributed by atoms with van der Waals surface area (Å²) in [6.07, 6.45) is 1.57. The lowest BCUT2D eigenvalue weighted by molar-refractivity contribution is -0.143. The molecule has 236 valence electrons. The molecule has 43 heavy (non-hydrogen) atoms. The first-order chi connectivity index (χ1) is 20.4. The Labute approximate surface area is 251 Å². The summed E-state index contributed by atoms with van der Waals surface area (Å²) in [7, 11) is 0. The molecule has 5 N–H and O–H groups in total. The van der Waals surface area contributed by atoms with Crippen molar-refractivity contribution < 1.29 is 38.9 Å². The van der Waals surface area contributed by atoms with Gasteiger partial charge in [0.2, 0.25) is 23.6 Å². The molecule has 2 saturated heterocycles. The van der Waals surface area contributed by atoms with Crippen LogP contribution in [0.4, 0.5) is 0 Å². The van der Waals surface area contributed by atoms with Crippen molar-refractivity contribution in [2.24, 2.45) is 5.92 Å². The van der Waals surface area contributed by atoms with E-state index in [1.165, 1.54) is 11.8 Å². The third kappa shape index (κ3) is 7.82. The summed E-state index contributed by atoms with van der Waals surface area (Å²) in [4.78, 5) is 69.5. The van der Waals surface area contributed by atoms with Gasteiger partial charge in [-0.05, 0) is 56.2 Å². The third-order valence-electron chi connectivity index (χ3n) is 8.49. The molecule has 13 heteroatoms. The summed E-state index contributed by atoms with van der Waals surface area (Å²) in [5.74, 6) is -2.07. The number of aliphatic hydroxyl groups excluding tert-OH is 1. The molecule has 2 bridgehead atoms. The molecule has 13 nitrogen and oxygen atoms in total. The Balaban J connectivity index is 1.58. The van der Waals surface area contributed by atoms with Crippen LogP contribution < -0.4 is 20.7 Å². The molecule has 0 saturated carbocycles. The predicted octanol–water partition coefficient (Wildman–Crippen LogP) is -0.911. The summed E-state index contributed by atoms with van der Waals surface area (Å²) in [5.41, 5.74) is -0.520. The van der Waals surface area contributed by atoms with Gasteiger partial charge in [0.25, 0.3) is 5.91 Å². The second-order valence-corrected chi connectivity index (χ2v) is 12.1. The van der Waals surface area contributed by atoms with Gasteiger partial charge in [0.05, 0.1) is 12.2 Å². The van der Waals surface area contributed by atoms with Crippen LogP contribution in [0.3, 0.4) is 0 Å². The molecular weight excluding hydrogens is 558 g/mol. The van der Waals surface area contributed by atoms with Crippen molar-refractivity contribution in [2.45, 2.75) is 82.6 Å². The monoisotopic (exact) mass is 601 g/mol. The molecule has 0 spiro atoms. The highest BCUT2D eigenvalue weighted by molar-refractivity contribution is 5.96. The van der Waals surface area contributed by atoms with E-state index in [0.717, 1.165) is 5.56 Å². The van der Waals surface area contributed by atoms with Gasteiger partial charge >= 0.3 is 0 Å². The molecule has 1 aromatic rings. The van der Waals surface area contributed by atoms with E-state index >= 15 is 0 Å². The quantitative estimate of drug-likeness (QED) is 0.296. The molecule has 0 aliphatic carbocycles. The van der Waals surface area contributed by atoms with E-state index in [4.69, 9.17) is 4.74 Å². The highest BCUT2D eigenvalue weighted by atomic mass is 16.5. The van der Waals surface area contributed by atoms with E-state index < -0.39 is 54.1 Å². The van der Waals surface area contributed by atoms with Crippen LogP contribution in [0, 0.1) is 5.92 Å². The van der Waals surface area contributed by atoms with Crippen molar-refractivity contribution in [3.63, 3.8) is 0 Å². The molecule has 4 aliphatic rings. The second kappa shape index (κ2) is 13.7. The van der Waals surface area contributed by atoms with Crippen LogP contribution in [0.25, 0.3) is 0 Å². The van der Waals surface area contributed by atoms with Crippen LogP contribution in [-0.2, 0) is 30.4 Å². The average Bonchev–Trinajstić information content (AvgIpc) is 3.48. The van der Waals surface area contributed by atoms with Crippen LogP contribution in [0.1, 0.15) is 52.0 Å². The molecule has 5 amide bonds. The van der Waals surface area contributed by atoms with E-state index in [2.05, 4.69) is 16.0 Å². The molecule has 1 aromatic carbocycles. The maximum Gasteiger partial charge on any atom is 0.258 e. The van der Waals surface area contributed by atoms with E-state index in [9.17, 15) is 34.2 Å². The van der Waals surface area contributed by atoms with Crippen molar-refractivity contribution in [2.75, 3.05) is 32.8 Å². The number of carbonyl (C=O) groups excluding carboxylic acids is 5. The number of carbonyl (C=O) groups is 5. The minimum Gasteiger partial charge on any atom is -0.484 e. The van der Waals surface area contributed by atoms with Crippen molar-refractivity contribution in [3.8, 4) is 5.75 Å². The fourth-order valence-corrected chi connectivity index (χ4v) is 5.71. The van der Waals surface area contributed by atoms with E-state index in [0.29, 0.717) is 25.1 Å². The lowest BCUT2D eigenvalue weighted by atomic mass is 9.91. The Kier molecular flexibility index (Phi) is 10.3. The van der Waals surface area contributed by atoms with E-state index in [-0.39, 0.29) is 56.7 Å². The molecule has 5 rings (SSSR count). The molecule has 4 aliphatic heterocycles. The Morgan fingerprint density at radius 1 is 1.02 bits per heavy atom. The summed E-state index contributed by atoms with van der Waals surface area (Å²) >= 11 is 0. The van der Waals surface area contributed by atoms with Crippen LogP contribution >= 0.6 is 0 Å². The number of rotatable bonds is 3. The second-order valence-electron chi connectivity index (χ2n) is 12.1. The molecule has 4 atom stereocenters. The molecule has 0 radical (unpaired) electrons. The van der Waals surface area contributed by atoms with Gasteiger partial charge in [-0.3, -0.25) is 24.0 Å². The van der Waals surface area contributed by atoms with Crippen molar-refractivity contribution in [1.82, 2.24) is 25.8 Å². The predicted molar refractivity (Wildman–Crippen MR) is 155 cm³/mol. The summed E-state index contributed by atoms with van der Waals surface area (Å²) in [6, 6.07) is 3.15. The zero-order valence-corrected chi connectivity index (χ0v) is 25.0. The number of nitrogens with zero attached hydrogens (tertiary/aromatic N) is 2. The average molecular weight is 602 g/mol. The number of benzene rings is 1. The van der Waals surface area contributed by atoms with E-state index in [1.54, 1.807) is 29.2 Å². The van der Waals surface area contributed by atoms with Gasteiger partial charge in [-0.2, -0.15) is 0 Å². The van der Waals surface area contributed by atoms with Gasteiger partial charge in [0.15, 0.2) is 6.61 Å². The van der Waals surface area contributed by atoms with Crippen molar-refractivity contribution in [3.05, 3.63) is 29.8 Å². The summed E-state index contributed by atoms with van der Waals surface area (Å²) < 4.78 is 5.64. The van der Waals surface area contributed by atoms with Crippen LogP contribution in [0.5, 0.6) is 5.75 Å². The summed E-state index contributed by atoms with van der Waals surface area (Å²) in [5, 5.41) is 28.1. The number of ether oxygens (including phenoxy) is 1. The zero-order chi connectivity index (χ0) is 31.3. The molecule has 0 aromatic heterocycles. The lowest BCUT2D eigenvalue weighted by Crippen LogP contribution is -2.59. The zero-order valence-electron chi connectivity index (χ0n) is 25.0. The first kappa shape index (κ1) is 32.2. The van der Waals surface area contributed by atoms with Gasteiger partial charge < -0.3 is 40.7 Å². The number of nitrogens with one attached hydrogen (secondary N) is 3. The largest absolute Gasteiger partial charge is 0.484 e. The first-order valence-corrected chi connectivity index (χ1v) is 14.9. The fraction of sp³-hybridized carbons (Fsp3) is 0.633. The highest BCUT2D eigenvalue weighted by Crippen LogP contribution is 2.24. The number of hydrogen-bond acceptors (Lipinski definition) is 8. The maximum atomic E-state index is 13.6. The van der Waals surface area contributed by atoms with Crippen molar-refractivity contribution >= 4 is 29.5 Å². The Hall–Kier alpha value is -3.71. The number of aliphatic hydroxyl groups is 2. The normalized spacial score (nSPS) is 27.3. The van der Waals surface area contributed by atoms with Crippen LogP contribution in [0.2, 0.25) is 0 Å². The SMILES string of the molecule is CC(C)[C@H]1NC(=O)COc2ccc(cc2)C[C@@H](C(=O)N2CCC(O)(CO)CC2)NC(=O)[C@H](C)NC(=O)[C@@H]2CCCN2C1=O. The smallest absolute Gasteiger partial charge is 0.258 e. The molecule has 2 fully saturated rings. The minimum absolute atomic E-state index is 0.147. The van der Waals surface area contributed by atoms with Crippen LogP contribution in [0.15, 0.2) is 24.3 Å². The number of likely N-dealkylation sites (tertiary alicyclic amines) is 1. The number of fused-ring (bicyclic) bond motifs is 13. The molecule has 4 heterocycles. The highest BCUT2D eigenvalue weighted by Gasteiger charge is 2.40.